The van der Waals surface area contributed by atoms with E-state index in [2.05, 4.69) is 11.0 Å². The Morgan fingerprint density at radius 2 is 1.91 bits per heavy atom. The van der Waals surface area contributed by atoms with Crippen molar-refractivity contribution in [1.82, 2.24) is 4.90 Å². The van der Waals surface area contributed by atoms with Crippen LogP contribution in [-0.2, 0) is 6.54 Å². The van der Waals surface area contributed by atoms with Gasteiger partial charge >= 0.3 is 0 Å². The quantitative estimate of drug-likeness (QED) is 0.749. The smallest absolute Gasteiger partial charge is 0.230 e. The number of fused-ring (bicyclic) bond motifs is 4. The van der Waals surface area contributed by atoms with E-state index in [9.17, 15) is 4.79 Å². The molecule has 1 atom stereocenters. The summed E-state index contributed by atoms with van der Waals surface area (Å²) in [7, 11) is 0. The third-order valence-electron chi connectivity index (χ3n) is 4.76. The first-order valence-electron chi connectivity index (χ1n) is 7.53. The van der Waals surface area contributed by atoms with E-state index in [1.807, 2.05) is 42.5 Å². The predicted molar refractivity (Wildman–Crippen MR) is 82.7 cm³/mol. The highest BCUT2D eigenvalue weighted by atomic mass is 16.5. The first-order chi connectivity index (χ1) is 10.8. The van der Waals surface area contributed by atoms with Gasteiger partial charge in [-0.3, -0.25) is 4.79 Å². The summed E-state index contributed by atoms with van der Waals surface area (Å²) in [6, 6.07) is 15.6. The van der Waals surface area contributed by atoms with E-state index in [1.54, 1.807) is 0 Å². The van der Waals surface area contributed by atoms with Crippen LogP contribution < -0.4 is 4.74 Å². The molecule has 0 N–H and O–H groups in total. The molecule has 4 nitrogen and oxygen atoms in total. The number of amidine groups is 1. The van der Waals surface area contributed by atoms with Crippen LogP contribution in [0.4, 0.5) is 5.69 Å². The Morgan fingerprint density at radius 3 is 2.82 bits per heavy atom. The molecule has 0 saturated carbocycles. The maximum atomic E-state index is 13.0. The van der Waals surface area contributed by atoms with Gasteiger partial charge in [-0.1, -0.05) is 30.3 Å². The molecule has 108 valence electrons. The monoisotopic (exact) mass is 290 g/mol. The molecular weight excluding hydrogens is 276 g/mol. The van der Waals surface area contributed by atoms with Gasteiger partial charge in [0, 0.05) is 19.5 Å². The summed E-state index contributed by atoms with van der Waals surface area (Å²) in [4.78, 5) is 19.9. The summed E-state index contributed by atoms with van der Waals surface area (Å²) in [5.41, 5.74) is 1.90. The Kier molecular flexibility index (Phi) is 2.16. The normalized spacial score (nSPS) is 24.6. The van der Waals surface area contributed by atoms with E-state index in [1.165, 1.54) is 5.56 Å². The van der Waals surface area contributed by atoms with E-state index in [4.69, 9.17) is 9.73 Å². The van der Waals surface area contributed by atoms with Gasteiger partial charge in [-0.15, -0.1) is 0 Å². The number of carbonyl (C=O) groups is 1. The summed E-state index contributed by atoms with van der Waals surface area (Å²) in [6.45, 7) is 1.59. The zero-order chi connectivity index (χ0) is 14.7. The molecule has 4 heteroatoms. The number of aliphatic imine (C=N–C) groups is 1. The molecule has 3 aliphatic heterocycles. The van der Waals surface area contributed by atoms with Crippen molar-refractivity contribution in [2.24, 2.45) is 4.99 Å². The first-order valence-corrected chi connectivity index (χ1v) is 7.53. The second-order valence-electron chi connectivity index (χ2n) is 5.99. The number of hydrogen-bond acceptors (Lipinski definition) is 4. The lowest BCUT2D eigenvalue weighted by atomic mass is 9.93. The average Bonchev–Trinajstić information content (AvgIpc) is 3.05. The fraction of sp³-hybridized carbons (Fsp3) is 0.222. The number of carbonyl (C=O) groups excluding carboxylic acids is 1. The number of nitrogens with zero attached hydrogens (tertiary/aromatic N) is 2. The molecule has 2 aromatic carbocycles. The van der Waals surface area contributed by atoms with Crippen molar-refractivity contribution >= 4 is 17.3 Å². The predicted octanol–water partition coefficient (Wildman–Crippen LogP) is 2.95. The molecule has 0 amide bonds. The third kappa shape index (κ3) is 1.37. The van der Waals surface area contributed by atoms with Gasteiger partial charge in [-0.25, -0.2) is 4.99 Å². The Labute approximate surface area is 128 Å². The molecule has 3 heterocycles. The minimum Gasteiger partial charge on any atom is -0.470 e. The van der Waals surface area contributed by atoms with Gasteiger partial charge < -0.3 is 9.64 Å². The zero-order valence-corrected chi connectivity index (χ0v) is 12.0. The minimum atomic E-state index is -0.919. The molecule has 0 aromatic heterocycles. The van der Waals surface area contributed by atoms with Crippen LogP contribution in [0.1, 0.15) is 22.3 Å². The largest absolute Gasteiger partial charge is 0.470 e. The van der Waals surface area contributed by atoms with Gasteiger partial charge in [-0.05, 0) is 23.8 Å². The third-order valence-corrected chi connectivity index (χ3v) is 4.76. The lowest BCUT2D eigenvalue weighted by molar-refractivity contribution is 0.0764. The topological polar surface area (TPSA) is 41.9 Å². The van der Waals surface area contributed by atoms with Gasteiger partial charge in [0.1, 0.15) is 5.75 Å². The standard InChI is InChI=1S/C18H14N2O2/c21-16-13-6-2-4-8-15(13)22-18(16)9-10-20-11-12-5-1-3-7-14(12)19-17(18)20/h1-8H,9-11H2. The highest BCUT2D eigenvalue weighted by Gasteiger charge is 2.57. The van der Waals surface area contributed by atoms with E-state index >= 15 is 0 Å². The summed E-state index contributed by atoms with van der Waals surface area (Å²) in [5.74, 6) is 1.49. The van der Waals surface area contributed by atoms with Crippen molar-refractivity contribution in [3.05, 3.63) is 59.7 Å². The lowest BCUT2D eigenvalue weighted by Crippen LogP contribution is -2.48. The van der Waals surface area contributed by atoms with Gasteiger partial charge in [0.05, 0.1) is 11.3 Å². The second kappa shape index (κ2) is 3.97. The van der Waals surface area contributed by atoms with E-state index in [-0.39, 0.29) is 5.78 Å². The van der Waals surface area contributed by atoms with E-state index in [0.29, 0.717) is 17.7 Å². The number of para-hydroxylation sites is 2. The molecule has 1 unspecified atom stereocenters. The van der Waals surface area contributed by atoms with Gasteiger partial charge in [0.2, 0.25) is 11.4 Å². The molecule has 1 saturated heterocycles. The van der Waals surface area contributed by atoms with Crippen LogP contribution >= 0.6 is 0 Å². The number of rotatable bonds is 0. The number of ether oxygens (including phenoxy) is 1. The second-order valence-corrected chi connectivity index (χ2v) is 5.99. The van der Waals surface area contributed by atoms with Crippen LogP contribution in [0.3, 0.4) is 0 Å². The summed E-state index contributed by atoms with van der Waals surface area (Å²) in [5, 5.41) is 0. The molecule has 0 bridgehead atoms. The van der Waals surface area contributed by atoms with E-state index in [0.717, 1.165) is 24.6 Å². The molecule has 5 rings (SSSR count). The van der Waals surface area contributed by atoms with Crippen LogP contribution in [-0.4, -0.2) is 28.7 Å². The molecule has 0 aliphatic carbocycles. The van der Waals surface area contributed by atoms with Crippen LogP contribution in [0.2, 0.25) is 0 Å². The van der Waals surface area contributed by atoms with Crippen molar-refractivity contribution in [3.63, 3.8) is 0 Å². The summed E-state index contributed by atoms with van der Waals surface area (Å²) >= 11 is 0. The highest BCUT2D eigenvalue weighted by molar-refractivity contribution is 6.23. The molecule has 22 heavy (non-hydrogen) atoms. The SMILES string of the molecule is O=C1c2ccccc2OC12CCN1Cc3ccccc3N=C12. The number of Topliss-reactive ketones (excluding diaryl/α,β-unsaturated/α-hetero) is 1. The van der Waals surface area contributed by atoms with Crippen molar-refractivity contribution in [2.75, 3.05) is 6.54 Å². The Balaban J connectivity index is 1.67. The fourth-order valence-electron chi connectivity index (χ4n) is 3.66. The Hall–Kier alpha value is -2.62. The van der Waals surface area contributed by atoms with Crippen LogP contribution in [0.5, 0.6) is 5.75 Å². The van der Waals surface area contributed by atoms with Crippen molar-refractivity contribution in [1.29, 1.82) is 0 Å². The molecule has 1 fully saturated rings. The maximum absolute atomic E-state index is 13.0. The highest BCUT2D eigenvalue weighted by Crippen LogP contribution is 2.44. The van der Waals surface area contributed by atoms with Crippen LogP contribution in [0.15, 0.2) is 53.5 Å². The van der Waals surface area contributed by atoms with E-state index < -0.39 is 5.60 Å². The summed E-state index contributed by atoms with van der Waals surface area (Å²) in [6.07, 6.45) is 0.660. The van der Waals surface area contributed by atoms with Crippen molar-refractivity contribution in [2.45, 2.75) is 18.6 Å². The number of ketones is 1. The summed E-state index contributed by atoms with van der Waals surface area (Å²) < 4.78 is 6.13. The zero-order valence-electron chi connectivity index (χ0n) is 12.0. The van der Waals surface area contributed by atoms with Gasteiger partial charge in [0.25, 0.3) is 0 Å². The first kappa shape index (κ1) is 12.0. The molecule has 0 radical (unpaired) electrons. The van der Waals surface area contributed by atoms with Gasteiger partial charge in [0.15, 0.2) is 5.84 Å². The minimum absolute atomic E-state index is 0.0451. The van der Waals surface area contributed by atoms with Crippen LogP contribution in [0, 0.1) is 0 Å². The number of benzene rings is 2. The fourth-order valence-corrected chi connectivity index (χ4v) is 3.66. The molecule has 2 aromatic rings. The van der Waals surface area contributed by atoms with Crippen molar-refractivity contribution in [3.8, 4) is 5.75 Å². The maximum Gasteiger partial charge on any atom is 0.230 e. The van der Waals surface area contributed by atoms with Gasteiger partial charge in [-0.2, -0.15) is 0 Å². The Bertz CT molecular complexity index is 842. The lowest BCUT2D eigenvalue weighted by Gasteiger charge is -2.29. The molecule has 1 spiro atoms. The molecular formula is C18H14N2O2. The molecule has 3 aliphatic rings. The average molecular weight is 290 g/mol. The van der Waals surface area contributed by atoms with Crippen LogP contribution in [0.25, 0.3) is 0 Å². The number of hydrogen-bond donors (Lipinski definition) is 0. The Morgan fingerprint density at radius 1 is 1.09 bits per heavy atom. The van der Waals surface area contributed by atoms with Crippen molar-refractivity contribution < 1.29 is 9.53 Å².